The number of amides is 3. The summed E-state index contributed by atoms with van der Waals surface area (Å²) < 4.78 is 32.4. The van der Waals surface area contributed by atoms with Gasteiger partial charge in [0.25, 0.3) is 27.7 Å². The topological polar surface area (TPSA) is 144 Å². The van der Waals surface area contributed by atoms with Gasteiger partial charge in [-0.2, -0.15) is 0 Å². The number of ether oxygens (including phenoxy) is 1. The average molecular weight is 545 g/mol. The molecule has 1 heterocycles. The van der Waals surface area contributed by atoms with Crippen molar-refractivity contribution in [3.63, 3.8) is 0 Å². The molecule has 3 N–H and O–H groups in total. The van der Waals surface area contributed by atoms with Crippen LogP contribution in [0.15, 0.2) is 71.8 Å². The number of benzene rings is 2. The Morgan fingerprint density at radius 1 is 0.892 bits per heavy atom. The van der Waals surface area contributed by atoms with Crippen molar-refractivity contribution in [2.24, 2.45) is 0 Å². The normalized spacial score (nSPS) is 11.0. The minimum Gasteiger partial charge on any atom is -0.383 e. The largest absolute Gasteiger partial charge is 0.383 e. The molecule has 0 fully saturated rings. The molecule has 0 saturated carbocycles. The van der Waals surface area contributed by atoms with E-state index in [1.165, 1.54) is 31.4 Å². The second-order valence-corrected chi connectivity index (χ2v) is 9.89. The van der Waals surface area contributed by atoms with Crippen LogP contribution in [-0.4, -0.2) is 57.9 Å². The first-order chi connectivity index (χ1) is 17.7. The number of hydrogen-bond acceptors (Lipinski definition) is 7. The van der Waals surface area contributed by atoms with Crippen molar-refractivity contribution in [2.45, 2.75) is 11.3 Å². The maximum atomic E-state index is 12.8. The summed E-state index contributed by atoms with van der Waals surface area (Å²) in [6, 6.07) is 15.1. The number of nitrogens with one attached hydrogen (secondary N) is 3. The van der Waals surface area contributed by atoms with E-state index in [4.69, 9.17) is 16.3 Å². The van der Waals surface area contributed by atoms with Crippen LogP contribution in [0.1, 0.15) is 36.8 Å². The van der Waals surface area contributed by atoms with Gasteiger partial charge < -0.3 is 15.4 Å². The molecule has 0 spiro atoms. The highest BCUT2D eigenvalue weighted by atomic mass is 35.5. The fourth-order valence-electron chi connectivity index (χ4n) is 3.15. The van der Waals surface area contributed by atoms with Gasteiger partial charge in [0, 0.05) is 37.0 Å². The van der Waals surface area contributed by atoms with Crippen LogP contribution in [0.5, 0.6) is 0 Å². The van der Waals surface area contributed by atoms with Crippen LogP contribution >= 0.6 is 11.6 Å². The van der Waals surface area contributed by atoms with Crippen LogP contribution in [0.4, 0.5) is 0 Å². The predicted molar refractivity (Wildman–Crippen MR) is 137 cm³/mol. The lowest BCUT2D eigenvalue weighted by Crippen LogP contribution is -2.31. The van der Waals surface area contributed by atoms with E-state index in [9.17, 15) is 22.8 Å². The van der Waals surface area contributed by atoms with Gasteiger partial charge in [0.1, 0.15) is 5.69 Å². The molecule has 2 aromatic carbocycles. The number of carbonyl (C=O) groups excluding carboxylic acids is 3. The number of halogens is 1. The van der Waals surface area contributed by atoms with Crippen LogP contribution in [0.3, 0.4) is 0 Å². The van der Waals surface area contributed by atoms with Gasteiger partial charge in [0.15, 0.2) is 0 Å². The van der Waals surface area contributed by atoms with Crippen LogP contribution < -0.4 is 15.4 Å². The van der Waals surface area contributed by atoms with E-state index in [1.54, 1.807) is 36.4 Å². The third-order valence-corrected chi connectivity index (χ3v) is 6.67. The molecule has 10 nitrogen and oxygen atoms in total. The second-order valence-electron chi connectivity index (χ2n) is 7.78. The lowest BCUT2D eigenvalue weighted by Gasteiger charge is -2.10. The molecule has 0 atom stereocenters. The molecule has 0 aliphatic rings. The molecule has 0 radical (unpaired) electrons. The summed E-state index contributed by atoms with van der Waals surface area (Å²) in [5, 5.41) is 5.88. The van der Waals surface area contributed by atoms with Gasteiger partial charge in [-0.25, -0.2) is 13.1 Å². The lowest BCUT2D eigenvalue weighted by atomic mass is 10.1. The number of methoxy groups -OCH3 is 1. The number of sulfonamides is 1. The van der Waals surface area contributed by atoms with E-state index < -0.39 is 21.8 Å². The Kier molecular flexibility index (Phi) is 9.72. The van der Waals surface area contributed by atoms with Crippen molar-refractivity contribution in [2.75, 3.05) is 26.8 Å². The summed E-state index contributed by atoms with van der Waals surface area (Å²) in [5.74, 6) is -1.61. The molecule has 0 saturated heterocycles. The summed E-state index contributed by atoms with van der Waals surface area (Å²) in [6.45, 7) is 0.906. The first kappa shape index (κ1) is 27.8. The Balaban J connectivity index is 1.58. The van der Waals surface area contributed by atoms with Crippen molar-refractivity contribution in [1.29, 1.82) is 0 Å². The molecular formula is C25H25ClN4O6S. The first-order valence-corrected chi connectivity index (χ1v) is 13.0. The highest BCUT2D eigenvalue weighted by molar-refractivity contribution is 7.90. The zero-order valence-electron chi connectivity index (χ0n) is 19.9. The molecule has 12 heteroatoms. The molecule has 37 heavy (non-hydrogen) atoms. The van der Waals surface area contributed by atoms with Gasteiger partial charge >= 0.3 is 0 Å². The summed E-state index contributed by atoms with van der Waals surface area (Å²) >= 11 is 5.83. The van der Waals surface area contributed by atoms with Gasteiger partial charge in [0.2, 0.25) is 0 Å². The molecular weight excluding hydrogens is 520 g/mol. The highest BCUT2D eigenvalue weighted by Gasteiger charge is 2.20. The number of pyridine rings is 1. The smallest absolute Gasteiger partial charge is 0.269 e. The maximum absolute atomic E-state index is 12.8. The van der Waals surface area contributed by atoms with E-state index in [0.717, 1.165) is 6.20 Å². The zero-order valence-corrected chi connectivity index (χ0v) is 21.4. The molecule has 0 unspecified atom stereocenters. The van der Waals surface area contributed by atoms with Gasteiger partial charge in [-0.15, -0.1) is 0 Å². The first-order valence-electron chi connectivity index (χ1n) is 11.1. The molecule has 3 amide bonds. The number of rotatable bonds is 11. The standard InChI is InChI=1S/C25H25ClN4O6S/c1-36-14-13-28-25(33)22-10-7-19(16-29-22)24(32)30-37(34,35)21-4-2-3-17(15-21)11-12-27-23(31)18-5-8-20(26)9-6-18/h2-10,15-16H,11-14H2,1H3,(H,27,31)(H,28,33)(H,30,32). The molecule has 3 rings (SSSR count). The molecule has 0 aliphatic heterocycles. The Hall–Kier alpha value is -3.80. The van der Waals surface area contributed by atoms with Crippen molar-refractivity contribution < 1.29 is 27.5 Å². The van der Waals surface area contributed by atoms with Crippen LogP contribution in [0.2, 0.25) is 5.02 Å². The third-order valence-electron chi connectivity index (χ3n) is 5.09. The van der Waals surface area contributed by atoms with Crippen molar-refractivity contribution in [1.82, 2.24) is 20.3 Å². The van der Waals surface area contributed by atoms with Crippen LogP contribution in [0.25, 0.3) is 0 Å². The number of carbonyl (C=O) groups is 3. The minimum absolute atomic E-state index is 0.0296. The van der Waals surface area contributed by atoms with Crippen molar-refractivity contribution >= 4 is 39.3 Å². The van der Waals surface area contributed by atoms with Crippen LogP contribution in [0, 0.1) is 0 Å². The van der Waals surface area contributed by atoms with Gasteiger partial charge in [0.05, 0.1) is 17.1 Å². The quantitative estimate of drug-likeness (QED) is 0.314. The number of aromatic nitrogens is 1. The Morgan fingerprint density at radius 3 is 2.27 bits per heavy atom. The maximum Gasteiger partial charge on any atom is 0.269 e. The third kappa shape index (κ3) is 8.10. The zero-order chi connectivity index (χ0) is 26.8. The van der Waals surface area contributed by atoms with E-state index in [2.05, 4.69) is 15.6 Å². The van der Waals surface area contributed by atoms with Gasteiger partial charge in [-0.3, -0.25) is 19.4 Å². The Morgan fingerprint density at radius 2 is 1.59 bits per heavy atom. The molecule has 3 aromatic rings. The summed E-state index contributed by atoms with van der Waals surface area (Å²) in [5.41, 5.74) is 1.15. The molecule has 0 aliphatic carbocycles. The highest BCUT2D eigenvalue weighted by Crippen LogP contribution is 2.13. The molecule has 194 valence electrons. The Labute approximate surface area is 219 Å². The van der Waals surface area contributed by atoms with Gasteiger partial charge in [-0.05, 0) is 60.5 Å². The van der Waals surface area contributed by atoms with E-state index in [0.29, 0.717) is 35.7 Å². The van der Waals surface area contributed by atoms with E-state index in [1.807, 2.05) is 4.72 Å². The second kappa shape index (κ2) is 12.9. The average Bonchev–Trinajstić information content (AvgIpc) is 2.89. The van der Waals surface area contributed by atoms with E-state index in [-0.39, 0.29) is 28.6 Å². The van der Waals surface area contributed by atoms with Crippen molar-refractivity contribution in [3.05, 3.63) is 94.3 Å². The monoisotopic (exact) mass is 544 g/mol. The number of nitrogens with zero attached hydrogens (tertiary/aromatic N) is 1. The summed E-state index contributed by atoms with van der Waals surface area (Å²) in [7, 11) is -2.67. The fourth-order valence-corrected chi connectivity index (χ4v) is 4.32. The van der Waals surface area contributed by atoms with Crippen molar-refractivity contribution in [3.8, 4) is 0 Å². The SMILES string of the molecule is COCCNC(=O)c1ccc(C(=O)NS(=O)(=O)c2cccc(CCNC(=O)c3ccc(Cl)cc3)c2)cn1. The number of hydrogen-bond donors (Lipinski definition) is 3. The fraction of sp³-hybridized carbons (Fsp3) is 0.200. The summed E-state index contributed by atoms with van der Waals surface area (Å²) in [6.07, 6.45) is 1.49. The minimum atomic E-state index is -4.18. The molecule has 1 aromatic heterocycles. The summed E-state index contributed by atoms with van der Waals surface area (Å²) in [4.78, 5) is 40.5. The van der Waals surface area contributed by atoms with Crippen LogP contribution in [-0.2, 0) is 21.2 Å². The lowest BCUT2D eigenvalue weighted by molar-refractivity contribution is 0.0927. The Bertz CT molecular complexity index is 1360. The molecule has 0 bridgehead atoms. The predicted octanol–water partition coefficient (Wildman–Crippen LogP) is 2.20. The van der Waals surface area contributed by atoms with Gasteiger partial charge in [-0.1, -0.05) is 23.7 Å². The van der Waals surface area contributed by atoms with E-state index >= 15 is 0 Å².